The maximum Gasteiger partial charge on any atom is 0.343 e. The molecule has 5 rings (SSSR count). The van der Waals surface area contributed by atoms with E-state index in [0.29, 0.717) is 27.7 Å². The third-order valence-electron chi connectivity index (χ3n) is 6.26. The van der Waals surface area contributed by atoms with Crippen molar-refractivity contribution in [3.8, 4) is 17.2 Å². The van der Waals surface area contributed by atoms with Crippen molar-refractivity contribution >= 4 is 45.6 Å². The molecule has 3 aromatic carbocycles. The zero-order valence-electron chi connectivity index (χ0n) is 22.6. The Hall–Kier alpha value is -4.60. The molecule has 10 heteroatoms. The summed E-state index contributed by atoms with van der Waals surface area (Å²) in [5.41, 5.74) is 6.59. The van der Waals surface area contributed by atoms with Gasteiger partial charge in [-0.15, -0.1) is 0 Å². The van der Waals surface area contributed by atoms with Crippen LogP contribution in [0.15, 0.2) is 105 Å². The Morgan fingerprint density at radius 2 is 1.67 bits per heavy atom. The molecule has 0 radical (unpaired) electrons. The number of amides is 1. The molecule has 0 bridgehead atoms. The van der Waals surface area contributed by atoms with E-state index in [4.69, 9.17) is 25.5 Å². The number of rotatable bonds is 9. The molecule has 2 aromatic heterocycles. The third kappa shape index (κ3) is 6.99. The first kappa shape index (κ1) is 28.9. The zero-order chi connectivity index (χ0) is 29.6. The molecule has 2 heterocycles. The van der Waals surface area contributed by atoms with Crippen LogP contribution in [0.1, 0.15) is 43.6 Å². The molecule has 0 aliphatic heterocycles. The highest BCUT2D eigenvalue weighted by Crippen LogP contribution is 2.24. The van der Waals surface area contributed by atoms with Gasteiger partial charge in [0.15, 0.2) is 5.76 Å². The summed E-state index contributed by atoms with van der Waals surface area (Å²) in [5.74, 6) is 0.390. The fourth-order valence-corrected chi connectivity index (χ4v) is 4.68. The minimum Gasteiger partial charge on any atom is -0.486 e. The van der Waals surface area contributed by atoms with E-state index in [1.807, 2.05) is 24.3 Å². The Morgan fingerprint density at radius 1 is 0.952 bits per heavy atom. The van der Waals surface area contributed by atoms with Crippen molar-refractivity contribution in [3.05, 3.63) is 135 Å². The number of ether oxygens (including phenoxy) is 2. The van der Waals surface area contributed by atoms with Gasteiger partial charge in [0.2, 0.25) is 0 Å². The molecule has 0 fully saturated rings. The summed E-state index contributed by atoms with van der Waals surface area (Å²) in [6, 6.07) is 26.5. The van der Waals surface area contributed by atoms with E-state index in [2.05, 4.69) is 57.0 Å². The minimum absolute atomic E-state index is 0.0725. The summed E-state index contributed by atoms with van der Waals surface area (Å²) in [7, 11) is 0. The average Bonchev–Trinajstić information content (AvgIpc) is 3.60. The number of hydrogen-bond acceptors (Lipinski definition) is 6. The Morgan fingerprint density at radius 3 is 2.38 bits per heavy atom. The minimum atomic E-state index is -0.556. The quantitative estimate of drug-likeness (QED) is 0.0768. The molecule has 0 saturated heterocycles. The van der Waals surface area contributed by atoms with E-state index in [-0.39, 0.29) is 18.1 Å². The van der Waals surface area contributed by atoms with Gasteiger partial charge in [0.25, 0.3) is 0 Å². The summed E-state index contributed by atoms with van der Waals surface area (Å²) >= 11 is 9.29. The van der Waals surface area contributed by atoms with Gasteiger partial charge in [0.1, 0.15) is 23.9 Å². The van der Waals surface area contributed by atoms with Crippen molar-refractivity contribution in [1.29, 1.82) is 0 Å². The van der Waals surface area contributed by atoms with Crippen LogP contribution in [0, 0.1) is 13.8 Å². The van der Waals surface area contributed by atoms with Crippen molar-refractivity contribution in [2.45, 2.75) is 20.5 Å². The molecule has 0 aliphatic carbocycles. The number of benzene rings is 3. The molecule has 0 aliphatic rings. The van der Waals surface area contributed by atoms with Crippen LogP contribution in [-0.2, 0) is 6.61 Å². The van der Waals surface area contributed by atoms with E-state index in [1.165, 1.54) is 6.21 Å². The highest BCUT2D eigenvalue weighted by molar-refractivity contribution is 9.10. The van der Waals surface area contributed by atoms with Crippen LogP contribution in [0.3, 0.4) is 0 Å². The summed E-state index contributed by atoms with van der Waals surface area (Å²) in [6.45, 7) is 4.27. The number of esters is 1. The first-order valence-corrected chi connectivity index (χ1v) is 14.0. The van der Waals surface area contributed by atoms with Crippen molar-refractivity contribution in [3.63, 3.8) is 0 Å². The summed E-state index contributed by atoms with van der Waals surface area (Å²) in [5, 5.41) is 4.52. The second-order valence-corrected chi connectivity index (χ2v) is 10.6. The second-order valence-electron chi connectivity index (χ2n) is 9.28. The lowest BCUT2D eigenvalue weighted by Gasteiger charge is -2.10. The molecule has 0 spiro atoms. The van der Waals surface area contributed by atoms with Gasteiger partial charge < -0.3 is 18.5 Å². The maximum atomic E-state index is 12.6. The largest absolute Gasteiger partial charge is 0.486 e. The van der Waals surface area contributed by atoms with Crippen LogP contribution in [0.2, 0.25) is 5.02 Å². The summed E-state index contributed by atoms with van der Waals surface area (Å²) < 4.78 is 19.9. The van der Waals surface area contributed by atoms with Crippen LogP contribution < -0.4 is 14.9 Å². The van der Waals surface area contributed by atoms with Crippen LogP contribution in [-0.4, -0.2) is 22.7 Å². The highest BCUT2D eigenvalue weighted by atomic mass is 79.9. The number of furan rings is 1. The standard InChI is InChI=1S/C32H25BrClN3O5/c1-20-3-4-21(2)37(20)26-10-12-27(13-11-26)40-19-28-14-16-30(41-28)31(38)36-35-18-23-17-24(33)7-15-29(23)42-32(39)22-5-8-25(34)9-6-22/h3-18H,19H2,1-2H3,(H,36,38)/b35-18-. The predicted molar refractivity (Wildman–Crippen MR) is 164 cm³/mol. The molecule has 1 N–H and O–H groups in total. The van der Waals surface area contributed by atoms with Crippen LogP contribution in [0.5, 0.6) is 11.5 Å². The SMILES string of the molecule is Cc1ccc(C)n1-c1ccc(OCc2ccc(C(=O)N/N=C\c3cc(Br)ccc3OC(=O)c3ccc(Cl)cc3)o2)cc1. The third-order valence-corrected chi connectivity index (χ3v) is 7.00. The number of hydrogen-bond donors (Lipinski definition) is 1. The number of nitrogens with one attached hydrogen (secondary N) is 1. The summed E-state index contributed by atoms with van der Waals surface area (Å²) in [6.07, 6.45) is 1.38. The maximum absolute atomic E-state index is 12.6. The van der Waals surface area contributed by atoms with Gasteiger partial charge in [-0.25, -0.2) is 10.2 Å². The lowest BCUT2D eigenvalue weighted by Crippen LogP contribution is -2.17. The molecule has 5 aromatic rings. The van der Waals surface area contributed by atoms with Gasteiger partial charge in [0.05, 0.1) is 11.8 Å². The molecular formula is C32H25BrClN3O5. The Labute approximate surface area is 255 Å². The monoisotopic (exact) mass is 645 g/mol. The van der Waals surface area contributed by atoms with Gasteiger partial charge in [-0.1, -0.05) is 27.5 Å². The second kappa shape index (κ2) is 12.9. The fourth-order valence-electron chi connectivity index (χ4n) is 4.17. The predicted octanol–water partition coefficient (Wildman–Crippen LogP) is 7.67. The number of nitrogens with zero attached hydrogens (tertiary/aromatic N) is 2. The Balaban J connectivity index is 1.17. The van der Waals surface area contributed by atoms with E-state index in [0.717, 1.165) is 21.5 Å². The average molecular weight is 647 g/mol. The van der Waals surface area contributed by atoms with Crippen molar-refractivity contribution in [1.82, 2.24) is 9.99 Å². The lowest BCUT2D eigenvalue weighted by atomic mass is 10.2. The molecule has 0 saturated carbocycles. The van der Waals surface area contributed by atoms with E-state index in [9.17, 15) is 9.59 Å². The number of carbonyl (C=O) groups excluding carboxylic acids is 2. The Bertz CT molecular complexity index is 1740. The lowest BCUT2D eigenvalue weighted by molar-refractivity contribution is 0.0734. The van der Waals surface area contributed by atoms with E-state index < -0.39 is 11.9 Å². The van der Waals surface area contributed by atoms with Gasteiger partial charge in [-0.05, 0) is 105 Å². The number of carbonyl (C=O) groups is 2. The van der Waals surface area contributed by atoms with Crippen molar-refractivity contribution in [2.75, 3.05) is 0 Å². The van der Waals surface area contributed by atoms with E-state index in [1.54, 1.807) is 54.6 Å². The molecule has 8 nitrogen and oxygen atoms in total. The number of hydrazone groups is 1. The molecule has 0 atom stereocenters. The molecule has 0 unspecified atom stereocenters. The molecule has 42 heavy (non-hydrogen) atoms. The number of aryl methyl sites for hydroxylation is 2. The van der Waals surface area contributed by atoms with Gasteiger partial charge in [-0.2, -0.15) is 5.10 Å². The zero-order valence-corrected chi connectivity index (χ0v) is 25.0. The van der Waals surface area contributed by atoms with Crippen LogP contribution in [0.4, 0.5) is 0 Å². The molecule has 212 valence electrons. The van der Waals surface area contributed by atoms with Gasteiger partial charge in [0, 0.05) is 32.1 Å². The summed E-state index contributed by atoms with van der Waals surface area (Å²) in [4.78, 5) is 25.2. The highest BCUT2D eigenvalue weighted by Gasteiger charge is 2.14. The van der Waals surface area contributed by atoms with Crippen molar-refractivity contribution < 1.29 is 23.5 Å². The van der Waals surface area contributed by atoms with Crippen molar-refractivity contribution in [2.24, 2.45) is 5.10 Å². The Kier molecular flexibility index (Phi) is 8.90. The van der Waals surface area contributed by atoms with Crippen LogP contribution in [0.25, 0.3) is 5.69 Å². The smallest absolute Gasteiger partial charge is 0.343 e. The fraction of sp³-hybridized carbons (Fsp3) is 0.0938. The first-order chi connectivity index (χ1) is 20.3. The van der Waals surface area contributed by atoms with E-state index >= 15 is 0 Å². The normalized spacial score (nSPS) is 11.0. The molecular weight excluding hydrogens is 622 g/mol. The topological polar surface area (TPSA) is 95.1 Å². The van der Waals surface area contributed by atoms with Gasteiger partial charge in [-0.3, -0.25) is 4.79 Å². The van der Waals surface area contributed by atoms with Gasteiger partial charge >= 0.3 is 11.9 Å². The number of aromatic nitrogens is 1. The molecule has 1 amide bonds. The van der Waals surface area contributed by atoms with Crippen LogP contribution >= 0.6 is 27.5 Å². The number of halogens is 2. The first-order valence-electron chi connectivity index (χ1n) is 12.8.